The van der Waals surface area contributed by atoms with E-state index in [9.17, 15) is 26.4 Å². The summed E-state index contributed by atoms with van der Waals surface area (Å²) in [5.74, 6) is -2.93. The van der Waals surface area contributed by atoms with Gasteiger partial charge in [-0.3, -0.25) is 9.52 Å². The molecule has 1 aliphatic heterocycles. The van der Waals surface area contributed by atoms with Crippen LogP contribution in [-0.4, -0.2) is 69.7 Å². The second kappa shape index (κ2) is 13.7. The first-order chi connectivity index (χ1) is 19.3. The summed E-state index contributed by atoms with van der Waals surface area (Å²) >= 11 is 5.89. The van der Waals surface area contributed by atoms with Gasteiger partial charge in [0.1, 0.15) is 0 Å². The number of amides is 1. The zero-order chi connectivity index (χ0) is 30.2. The summed E-state index contributed by atoms with van der Waals surface area (Å²) in [6, 6.07) is 20.8. The van der Waals surface area contributed by atoms with E-state index in [1.165, 1.54) is 24.3 Å². The van der Waals surface area contributed by atoms with Gasteiger partial charge in [0.2, 0.25) is 0 Å². The number of sulfonamides is 1. The van der Waals surface area contributed by atoms with E-state index in [2.05, 4.69) is 14.9 Å². The highest BCUT2D eigenvalue weighted by Crippen LogP contribution is 2.28. The Morgan fingerprint density at radius 2 is 1.61 bits per heavy atom. The molecule has 0 unspecified atom stereocenters. The van der Waals surface area contributed by atoms with Crippen LogP contribution in [0.25, 0.3) is 0 Å². The Hall–Kier alpha value is -3.81. The lowest BCUT2D eigenvalue weighted by molar-refractivity contribution is -0.192. The van der Waals surface area contributed by atoms with Gasteiger partial charge < -0.3 is 20.2 Å². The van der Waals surface area contributed by atoms with Crippen LogP contribution in [0, 0.1) is 0 Å². The molecule has 220 valence electrons. The largest absolute Gasteiger partial charge is 0.490 e. The number of aliphatic carboxylic acids is 1. The predicted molar refractivity (Wildman–Crippen MR) is 150 cm³/mol. The highest BCUT2D eigenvalue weighted by molar-refractivity contribution is 7.92. The number of alkyl halides is 3. The molecule has 0 saturated carbocycles. The van der Waals surface area contributed by atoms with Gasteiger partial charge in [-0.25, -0.2) is 13.2 Å². The molecule has 0 aromatic heterocycles. The van der Waals surface area contributed by atoms with Crippen molar-refractivity contribution in [2.75, 3.05) is 42.8 Å². The third kappa shape index (κ3) is 9.10. The van der Waals surface area contributed by atoms with Gasteiger partial charge in [-0.1, -0.05) is 41.9 Å². The van der Waals surface area contributed by atoms with Gasteiger partial charge >= 0.3 is 12.1 Å². The van der Waals surface area contributed by atoms with Gasteiger partial charge in [0.25, 0.3) is 15.9 Å². The molecular weight excluding hydrogens is 585 g/mol. The number of anilines is 2. The van der Waals surface area contributed by atoms with E-state index in [0.29, 0.717) is 22.8 Å². The smallest absolute Gasteiger partial charge is 0.475 e. The monoisotopic (exact) mass is 612 g/mol. The molecule has 41 heavy (non-hydrogen) atoms. The van der Waals surface area contributed by atoms with Crippen LogP contribution < -0.4 is 14.9 Å². The first-order valence-corrected chi connectivity index (χ1v) is 14.1. The van der Waals surface area contributed by atoms with Crippen molar-refractivity contribution in [2.24, 2.45) is 0 Å². The molecular formula is C27H28ClF3N4O5S. The number of halogens is 4. The van der Waals surface area contributed by atoms with E-state index < -0.39 is 22.2 Å². The van der Waals surface area contributed by atoms with Crippen LogP contribution in [0.1, 0.15) is 15.9 Å². The Labute approximate surface area is 240 Å². The summed E-state index contributed by atoms with van der Waals surface area (Å²) in [4.78, 5) is 26.3. The van der Waals surface area contributed by atoms with Crippen LogP contribution in [0.4, 0.5) is 24.5 Å². The minimum atomic E-state index is -5.08. The quantitative estimate of drug-likeness (QED) is 0.361. The maximum Gasteiger partial charge on any atom is 0.490 e. The molecule has 1 fully saturated rings. The van der Waals surface area contributed by atoms with Crippen molar-refractivity contribution in [1.82, 2.24) is 10.2 Å². The van der Waals surface area contributed by atoms with Gasteiger partial charge in [0.05, 0.1) is 10.5 Å². The molecule has 0 aliphatic carbocycles. The number of carbonyl (C=O) groups is 2. The highest BCUT2D eigenvalue weighted by atomic mass is 35.5. The Morgan fingerprint density at radius 1 is 1.02 bits per heavy atom. The highest BCUT2D eigenvalue weighted by Gasteiger charge is 2.38. The Balaban J connectivity index is 0.000000587. The number of carboxylic acid groups (broad SMARTS) is 1. The second-order valence-electron chi connectivity index (χ2n) is 8.98. The summed E-state index contributed by atoms with van der Waals surface area (Å²) in [5.41, 5.74) is 2.59. The van der Waals surface area contributed by atoms with Gasteiger partial charge in [-0.15, -0.1) is 0 Å². The summed E-state index contributed by atoms with van der Waals surface area (Å²) in [5, 5.41) is 10.9. The number of carboxylic acids is 1. The van der Waals surface area contributed by atoms with E-state index in [0.717, 1.165) is 37.4 Å². The molecule has 0 spiro atoms. The molecule has 0 atom stereocenters. The molecule has 4 rings (SSSR count). The van der Waals surface area contributed by atoms with E-state index in [-0.39, 0.29) is 10.8 Å². The van der Waals surface area contributed by atoms with Crippen LogP contribution in [0.5, 0.6) is 0 Å². The topological polar surface area (TPSA) is 119 Å². The molecule has 1 amide bonds. The fraction of sp³-hybridized carbons (Fsp3) is 0.259. The van der Waals surface area contributed by atoms with Crippen LogP contribution in [0.2, 0.25) is 5.02 Å². The van der Waals surface area contributed by atoms with E-state index in [4.69, 9.17) is 21.5 Å². The van der Waals surface area contributed by atoms with Crippen molar-refractivity contribution in [2.45, 2.75) is 17.6 Å². The van der Waals surface area contributed by atoms with Gasteiger partial charge in [-0.2, -0.15) is 13.2 Å². The van der Waals surface area contributed by atoms with Crippen LogP contribution in [0.15, 0.2) is 77.7 Å². The van der Waals surface area contributed by atoms with E-state index in [1.54, 1.807) is 24.1 Å². The molecule has 9 nitrogen and oxygen atoms in total. The molecule has 0 bridgehead atoms. The summed E-state index contributed by atoms with van der Waals surface area (Å²) in [7, 11) is -2.08. The standard InChI is InChI=1S/C25H27ClN4O3S.C2HF3O2/c1-29(18-19-5-3-2-4-6-19)25(31)23-17-21(9-12-24(23)30-15-13-27-14-16-30)28-34(32,33)22-10-7-20(26)8-11-22;3-2(4,5)1(6)7/h2-12,17,27-28H,13-16,18H2,1H3;(H,6,7). The number of hydrogen-bond donors (Lipinski definition) is 3. The lowest BCUT2D eigenvalue weighted by atomic mass is 10.1. The maximum atomic E-state index is 13.5. The minimum Gasteiger partial charge on any atom is -0.475 e. The molecule has 3 aromatic rings. The Morgan fingerprint density at radius 3 is 2.17 bits per heavy atom. The normalized spacial score (nSPS) is 13.5. The fourth-order valence-electron chi connectivity index (χ4n) is 3.91. The average Bonchev–Trinajstić information content (AvgIpc) is 2.93. The molecule has 3 N–H and O–H groups in total. The van der Waals surface area contributed by atoms with Gasteiger partial charge in [0, 0.05) is 56.2 Å². The molecule has 1 aliphatic rings. The lowest BCUT2D eigenvalue weighted by Crippen LogP contribution is -2.44. The van der Waals surface area contributed by atoms with Gasteiger partial charge in [-0.05, 0) is 48.0 Å². The molecule has 1 heterocycles. The molecule has 1 saturated heterocycles. The summed E-state index contributed by atoms with van der Waals surface area (Å²) in [6.07, 6.45) is -5.08. The first kappa shape index (κ1) is 31.7. The number of carbonyl (C=O) groups excluding carboxylic acids is 1. The Bertz CT molecular complexity index is 1450. The lowest BCUT2D eigenvalue weighted by Gasteiger charge is -2.32. The van der Waals surface area contributed by atoms with Crippen LogP contribution in [0.3, 0.4) is 0 Å². The van der Waals surface area contributed by atoms with Crippen molar-refractivity contribution < 1.29 is 36.3 Å². The van der Waals surface area contributed by atoms with Crippen molar-refractivity contribution in [3.8, 4) is 0 Å². The predicted octanol–water partition coefficient (Wildman–Crippen LogP) is 4.46. The number of hydrogen-bond acceptors (Lipinski definition) is 6. The zero-order valence-electron chi connectivity index (χ0n) is 21.9. The number of rotatable bonds is 7. The first-order valence-electron chi connectivity index (χ1n) is 12.3. The van der Waals surface area contributed by atoms with Crippen molar-refractivity contribution in [3.05, 3.63) is 88.9 Å². The Kier molecular flexibility index (Phi) is 10.6. The molecule has 3 aromatic carbocycles. The van der Waals surface area contributed by atoms with Gasteiger partial charge in [0.15, 0.2) is 0 Å². The SMILES string of the molecule is CN(Cc1ccccc1)C(=O)c1cc(NS(=O)(=O)c2ccc(Cl)cc2)ccc1N1CCNCC1.O=C(O)C(F)(F)F. The second-order valence-corrected chi connectivity index (χ2v) is 11.1. The fourth-order valence-corrected chi connectivity index (χ4v) is 5.09. The minimum absolute atomic E-state index is 0.0946. The summed E-state index contributed by atoms with van der Waals surface area (Å²) < 4.78 is 60.1. The van der Waals surface area contributed by atoms with Crippen molar-refractivity contribution in [3.63, 3.8) is 0 Å². The third-order valence-corrected chi connectivity index (χ3v) is 7.56. The van der Waals surface area contributed by atoms with Crippen LogP contribution >= 0.6 is 11.6 Å². The summed E-state index contributed by atoms with van der Waals surface area (Å²) in [6.45, 7) is 3.61. The number of nitrogens with zero attached hydrogens (tertiary/aromatic N) is 2. The molecule has 14 heteroatoms. The number of nitrogens with one attached hydrogen (secondary N) is 2. The van der Waals surface area contributed by atoms with E-state index in [1.807, 2.05) is 36.4 Å². The van der Waals surface area contributed by atoms with Crippen molar-refractivity contribution >= 4 is 44.9 Å². The molecule has 0 radical (unpaired) electrons. The third-order valence-electron chi connectivity index (χ3n) is 5.91. The van der Waals surface area contributed by atoms with E-state index >= 15 is 0 Å². The number of piperazine rings is 1. The maximum absolute atomic E-state index is 13.5. The average molecular weight is 613 g/mol. The number of benzene rings is 3. The zero-order valence-corrected chi connectivity index (χ0v) is 23.4. The van der Waals surface area contributed by atoms with Crippen molar-refractivity contribution in [1.29, 1.82) is 0 Å². The van der Waals surface area contributed by atoms with Crippen LogP contribution in [-0.2, 0) is 21.4 Å².